The molecule has 28 heavy (non-hydrogen) atoms. The van der Waals surface area contributed by atoms with Crippen LogP contribution in [0.15, 0.2) is 71.6 Å². The van der Waals surface area contributed by atoms with Crippen molar-refractivity contribution in [3.8, 4) is 0 Å². The SMILES string of the molecule is O=C(Cc1cccc2ccccc12)Nc1ccc(S(=O)(=O)N2CCCC2)cc1. The summed E-state index contributed by atoms with van der Waals surface area (Å²) in [6, 6.07) is 20.3. The Morgan fingerprint density at radius 1 is 0.893 bits per heavy atom. The molecule has 0 atom stereocenters. The predicted molar refractivity (Wildman–Crippen MR) is 111 cm³/mol. The number of amides is 1. The van der Waals surface area contributed by atoms with E-state index in [1.165, 1.54) is 4.31 Å². The summed E-state index contributed by atoms with van der Waals surface area (Å²) in [5, 5.41) is 5.02. The van der Waals surface area contributed by atoms with Crippen LogP contribution in [0.3, 0.4) is 0 Å². The zero-order valence-corrected chi connectivity index (χ0v) is 16.3. The van der Waals surface area contributed by atoms with Crippen LogP contribution in [0, 0.1) is 0 Å². The number of rotatable bonds is 5. The summed E-state index contributed by atoms with van der Waals surface area (Å²) < 4.78 is 26.7. The molecule has 144 valence electrons. The van der Waals surface area contributed by atoms with E-state index in [0.717, 1.165) is 29.2 Å². The molecule has 6 heteroatoms. The van der Waals surface area contributed by atoms with Gasteiger partial charge in [0.05, 0.1) is 11.3 Å². The van der Waals surface area contributed by atoms with Gasteiger partial charge in [0.25, 0.3) is 0 Å². The molecule has 4 rings (SSSR count). The Hall–Kier alpha value is -2.70. The summed E-state index contributed by atoms with van der Waals surface area (Å²) in [4.78, 5) is 12.7. The molecular weight excluding hydrogens is 372 g/mol. The van der Waals surface area contributed by atoms with Crippen LogP contribution in [0.4, 0.5) is 5.69 Å². The van der Waals surface area contributed by atoms with E-state index in [1.807, 2.05) is 42.5 Å². The van der Waals surface area contributed by atoms with Gasteiger partial charge in [0.1, 0.15) is 0 Å². The largest absolute Gasteiger partial charge is 0.326 e. The zero-order chi connectivity index (χ0) is 19.6. The topological polar surface area (TPSA) is 66.5 Å². The Labute approximate surface area is 165 Å². The molecule has 0 aromatic heterocycles. The molecule has 0 aliphatic carbocycles. The van der Waals surface area contributed by atoms with Gasteiger partial charge in [-0.25, -0.2) is 8.42 Å². The molecule has 0 saturated carbocycles. The second kappa shape index (κ2) is 7.73. The minimum atomic E-state index is -3.44. The highest BCUT2D eigenvalue weighted by Gasteiger charge is 2.26. The molecule has 1 aliphatic heterocycles. The van der Waals surface area contributed by atoms with Crippen LogP contribution in [-0.2, 0) is 21.2 Å². The lowest BCUT2D eigenvalue weighted by atomic mass is 10.0. The van der Waals surface area contributed by atoms with Crippen LogP contribution in [0.25, 0.3) is 10.8 Å². The normalized spacial score (nSPS) is 15.0. The van der Waals surface area contributed by atoms with Crippen LogP contribution < -0.4 is 5.32 Å². The number of carbonyl (C=O) groups excluding carboxylic acids is 1. The number of sulfonamides is 1. The van der Waals surface area contributed by atoms with Gasteiger partial charge in [-0.05, 0) is 53.4 Å². The number of hydrogen-bond acceptors (Lipinski definition) is 3. The first-order valence-electron chi connectivity index (χ1n) is 9.41. The quantitative estimate of drug-likeness (QED) is 0.716. The van der Waals surface area contributed by atoms with Crippen molar-refractivity contribution in [1.82, 2.24) is 4.31 Å². The van der Waals surface area contributed by atoms with Gasteiger partial charge in [-0.3, -0.25) is 4.79 Å². The number of anilines is 1. The fourth-order valence-electron chi connectivity index (χ4n) is 3.61. The van der Waals surface area contributed by atoms with Gasteiger partial charge in [-0.2, -0.15) is 4.31 Å². The van der Waals surface area contributed by atoms with Gasteiger partial charge in [0.15, 0.2) is 0 Å². The lowest BCUT2D eigenvalue weighted by Gasteiger charge is -2.15. The van der Waals surface area contributed by atoms with Crippen LogP contribution >= 0.6 is 0 Å². The summed E-state index contributed by atoms with van der Waals surface area (Å²) in [6.07, 6.45) is 2.07. The number of hydrogen-bond donors (Lipinski definition) is 1. The fraction of sp³-hybridized carbons (Fsp3) is 0.227. The van der Waals surface area contributed by atoms with Gasteiger partial charge < -0.3 is 5.32 Å². The molecule has 1 aliphatic rings. The smallest absolute Gasteiger partial charge is 0.243 e. The van der Waals surface area contributed by atoms with Crippen molar-refractivity contribution in [3.63, 3.8) is 0 Å². The molecule has 0 radical (unpaired) electrons. The van der Waals surface area contributed by atoms with Crippen LogP contribution in [0.2, 0.25) is 0 Å². The van der Waals surface area contributed by atoms with Crippen molar-refractivity contribution in [2.45, 2.75) is 24.2 Å². The highest BCUT2D eigenvalue weighted by Crippen LogP contribution is 2.23. The van der Waals surface area contributed by atoms with E-state index in [9.17, 15) is 13.2 Å². The Kier molecular flexibility index (Phi) is 5.15. The third-order valence-corrected chi connectivity index (χ3v) is 6.98. The molecule has 5 nitrogen and oxygen atoms in total. The van der Waals surface area contributed by atoms with Gasteiger partial charge in [-0.15, -0.1) is 0 Å². The minimum absolute atomic E-state index is 0.133. The van der Waals surface area contributed by atoms with E-state index < -0.39 is 10.0 Å². The maximum atomic E-state index is 12.6. The Bertz CT molecular complexity index is 1100. The molecular formula is C22H22N2O3S. The Morgan fingerprint density at radius 3 is 2.32 bits per heavy atom. The Morgan fingerprint density at radius 2 is 1.57 bits per heavy atom. The van der Waals surface area contributed by atoms with E-state index in [4.69, 9.17) is 0 Å². The van der Waals surface area contributed by atoms with Crippen molar-refractivity contribution in [3.05, 3.63) is 72.3 Å². The predicted octanol–water partition coefficient (Wildman–Crippen LogP) is 3.81. The standard InChI is InChI=1S/C22H22N2O3S/c25-22(16-18-8-5-7-17-6-1-2-9-21(17)18)23-19-10-12-20(13-11-19)28(26,27)24-14-3-4-15-24/h1-2,5-13H,3-4,14-16H2,(H,23,25). The third-order valence-electron chi connectivity index (χ3n) is 5.07. The highest BCUT2D eigenvalue weighted by molar-refractivity contribution is 7.89. The highest BCUT2D eigenvalue weighted by atomic mass is 32.2. The average molecular weight is 394 g/mol. The van der Waals surface area contributed by atoms with E-state index in [0.29, 0.717) is 18.8 Å². The molecule has 0 spiro atoms. The second-order valence-electron chi connectivity index (χ2n) is 7.00. The summed E-state index contributed by atoms with van der Waals surface area (Å²) in [5.74, 6) is -0.133. The van der Waals surface area contributed by atoms with Crippen molar-refractivity contribution >= 4 is 32.4 Å². The number of benzene rings is 3. The van der Waals surface area contributed by atoms with Gasteiger partial charge in [0.2, 0.25) is 15.9 Å². The molecule has 1 heterocycles. The van der Waals surface area contributed by atoms with Crippen LogP contribution in [0.1, 0.15) is 18.4 Å². The molecule has 3 aromatic carbocycles. The second-order valence-corrected chi connectivity index (χ2v) is 8.94. The summed E-state index contributed by atoms with van der Waals surface area (Å²) >= 11 is 0. The first-order chi connectivity index (χ1) is 13.5. The monoisotopic (exact) mass is 394 g/mol. The first kappa shape index (κ1) is 18.7. The van der Waals surface area contributed by atoms with E-state index >= 15 is 0 Å². The molecule has 1 amide bonds. The third kappa shape index (κ3) is 3.79. The van der Waals surface area contributed by atoms with Gasteiger partial charge in [0, 0.05) is 18.8 Å². The summed E-state index contributed by atoms with van der Waals surface area (Å²) in [6.45, 7) is 1.15. The van der Waals surface area contributed by atoms with Crippen molar-refractivity contribution < 1.29 is 13.2 Å². The summed E-state index contributed by atoms with van der Waals surface area (Å²) in [7, 11) is -3.44. The maximum Gasteiger partial charge on any atom is 0.243 e. The first-order valence-corrected chi connectivity index (χ1v) is 10.8. The van der Waals surface area contributed by atoms with Crippen molar-refractivity contribution in [1.29, 1.82) is 0 Å². The molecule has 1 fully saturated rings. The number of fused-ring (bicyclic) bond motifs is 1. The van der Waals surface area contributed by atoms with Crippen molar-refractivity contribution in [2.75, 3.05) is 18.4 Å². The number of nitrogens with one attached hydrogen (secondary N) is 1. The fourth-order valence-corrected chi connectivity index (χ4v) is 5.13. The van der Waals surface area contributed by atoms with Gasteiger partial charge >= 0.3 is 0 Å². The molecule has 1 saturated heterocycles. The molecule has 3 aromatic rings. The minimum Gasteiger partial charge on any atom is -0.326 e. The van der Waals surface area contributed by atoms with Crippen molar-refractivity contribution in [2.24, 2.45) is 0 Å². The lowest BCUT2D eigenvalue weighted by molar-refractivity contribution is -0.115. The van der Waals surface area contributed by atoms with Gasteiger partial charge in [-0.1, -0.05) is 42.5 Å². The van der Waals surface area contributed by atoms with E-state index in [2.05, 4.69) is 5.32 Å². The molecule has 0 bridgehead atoms. The average Bonchev–Trinajstić information content (AvgIpc) is 3.24. The summed E-state index contributed by atoms with van der Waals surface area (Å²) in [5.41, 5.74) is 1.55. The molecule has 1 N–H and O–H groups in total. The number of carbonyl (C=O) groups is 1. The van der Waals surface area contributed by atoms with Crippen LogP contribution in [-0.4, -0.2) is 31.7 Å². The Balaban J connectivity index is 1.46. The van der Waals surface area contributed by atoms with E-state index in [-0.39, 0.29) is 17.2 Å². The van der Waals surface area contributed by atoms with E-state index in [1.54, 1.807) is 24.3 Å². The zero-order valence-electron chi connectivity index (χ0n) is 15.5. The lowest BCUT2D eigenvalue weighted by Crippen LogP contribution is -2.27. The van der Waals surface area contributed by atoms with Crippen LogP contribution in [0.5, 0.6) is 0 Å². The maximum absolute atomic E-state index is 12.6. The number of nitrogens with zero attached hydrogens (tertiary/aromatic N) is 1. The molecule has 0 unspecified atom stereocenters.